The van der Waals surface area contributed by atoms with Crippen LogP contribution in [-0.2, 0) is 12.8 Å². The minimum absolute atomic E-state index is 0.774. The van der Waals surface area contributed by atoms with Crippen LogP contribution in [-0.4, -0.2) is 4.57 Å². The standard InChI is InChI=1S/C53H55N3.C7H11N.C4H10/c1-6-10-11-12-20-40-25-30-42(31-26-40)50(54)35-29-41-27-33-46(34-28-41)56-52-24-16-14-22-48(52)49-38-44(32-36-53(49)56)43(17-7-2)37-39(5)47-21-13-15-23-51(47)55-45(18-8-3)19-9-4;1-2-3-4-5-6-7-8;1-3-4-2/h7-9,13-19,21-28,30-38,55H,2-3,6,10-12,20,29,54H2,1,4-5H3;2-7H,8H2,1H3;3-4H2,1-2H3/b19-9-,39-37+,43-17+,45-18+,50-35-;3-2+,5-4-,7-6-;. The van der Waals surface area contributed by atoms with Crippen molar-refractivity contribution in [1.29, 1.82) is 0 Å². The maximum Gasteiger partial charge on any atom is 0.0541 e. The van der Waals surface area contributed by atoms with Gasteiger partial charge in [-0.25, -0.2) is 0 Å². The van der Waals surface area contributed by atoms with Crippen LogP contribution in [0.25, 0.3) is 44.3 Å². The lowest BCUT2D eigenvalue weighted by Gasteiger charge is -2.14. The molecule has 4 nitrogen and oxygen atoms in total. The second-order valence-electron chi connectivity index (χ2n) is 16.6. The molecule has 352 valence electrons. The molecule has 6 rings (SSSR count). The van der Waals surface area contributed by atoms with Gasteiger partial charge in [0, 0.05) is 39.1 Å². The van der Waals surface area contributed by atoms with E-state index in [4.69, 9.17) is 11.5 Å². The number of fused-ring (bicyclic) bond motifs is 3. The predicted molar refractivity (Wildman–Crippen MR) is 304 cm³/mol. The summed E-state index contributed by atoms with van der Waals surface area (Å²) in [4.78, 5) is 0. The van der Waals surface area contributed by atoms with Crippen LogP contribution >= 0.6 is 0 Å². The van der Waals surface area contributed by atoms with Crippen LogP contribution in [0.3, 0.4) is 0 Å². The number of hydrogen-bond acceptors (Lipinski definition) is 3. The lowest BCUT2D eigenvalue weighted by Crippen LogP contribution is -2.00. The van der Waals surface area contributed by atoms with Gasteiger partial charge in [-0.15, -0.1) is 0 Å². The summed E-state index contributed by atoms with van der Waals surface area (Å²) in [7, 11) is 0. The van der Waals surface area contributed by atoms with E-state index in [1.165, 1.54) is 77.7 Å². The van der Waals surface area contributed by atoms with E-state index < -0.39 is 0 Å². The fraction of sp³-hybridized carbons (Fsp3) is 0.219. The summed E-state index contributed by atoms with van der Waals surface area (Å²) in [5.41, 5.74) is 26.1. The van der Waals surface area contributed by atoms with Crippen molar-refractivity contribution in [3.8, 4) is 5.69 Å². The minimum atomic E-state index is 0.774. The van der Waals surface area contributed by atoms with Gasteiger partial charge in [-0.2, -0.15) is 0 Å². The fourth-order valence-electron chi connectivity index (χ4n) is 7.68. The number of anilines is 1. The van der Waals surface area contributed by atoms with Gasteiger partial charge in [0.05, 0.1) is 11.0 Å². The molecule has 0 spiro atoms. The highest BCUT2D eigenvalue weighted by molar-refractivity contribution is 6.10. The molecule has 0 radical (unpaired) electrons. The van der Waals surface area contributed by atoms with Crippen molar-refractivity contribution in [3.63, 3.8) is 0 Å². The molecule has 6 aromatic rings. The Morgan fingerprint density at radius 3 is 1.99 bits per heavy atom. The first-order valence-corrected chi connectivity index (χ1v) is 24.4. The number of nitrogens with two attached hydrogens (primary N) is 2. The number of aryl methyl sites for hydroxylation is 1. The number of nitrogens with one attached hydrogen (secondary N) is 1. The largest absolute Gasteiger partial charge is 0.405 e. The number of allylic oxidation sites excluding steroid dienone is 15. The smallest absolute Gasteiger partial charge is 0.0541 e. The van der Waals surface area contributed by atoms with Crippen molar-refractivity contribution in [2.45, 2.75) is 92.9 Å². The highest BCUT2D eigenvalue weighted by Gasteiger charge is 2.14. The molecule has 0 aliphatic carbocycles. The fourth-order valence-corrected chi connectivity index (χ4v) is 7.68. The van der Waals surface area contributed by atoms with E-state index in [0.29, 0.717) is 0 Å². The second kappa shape index (κ2) is 30.1. The van der Waals surface area contributed by atoms with Crippen molar-refractivity contribution >= 4 is 44.3 Å². The van der Waals surface area contributed by atoms with Crippen molar-refractivity contribution in [1.82, 2.24) is 4.57 Å². The molecule has 0 bridgehead atoms. The summed E-state index contributed by atoms with van der Waals surface area (Å²) in [6.07, 6.45) is 36.8. The molecule has 5 aromatic carbocycles. The van der Waals surface area contributed by atoms with Gasteiger partial charge >= 0.3 is 0 Å². The molecular formula is C64H76N4. The Kier molecular flexibility index (Phi) is 23.6. The molecule has 0 saturated heterocycles. The maximum atomic E-state index is 6.55. The van der Waals surface area contributed by atoms with Crippen LogP contribution in [0.4, 0.5) is 5.69 Å². The number of unbranched alkanes of at least 4 members (excludes halogenated alkanes) is 4. The molecule has 4 heteroatoms. The number of aromatic nitrogens is 1. The highest BCUT2D eigenvalue weighted by Crippen LogP contribution is 2.35. The highest BCUT2D eigenvalue weighted by atomic mass is 15.0. The molecular weight excluding hydrogens is 825 g/mol. The van der Waals surface area contributed by atoms with E-state index in [0.717, 1.165) is 63.4 Å². The average Bonchev–Trinajstić information content (AvgIpc) is 3.70. The molecule has 0 fully saturated rings. The van der Waals surface area contributed by atoms with Gasteiger partial charge in [0.2, 0.25) is 0 Å². The topological polar surface area (TPSA) is 69.0 Å². The van der Waals surface area contributed by atoms with Gasteiger partial charge < -0.3 is 21.4 Å². The first-order chi connectivity index (χ1) is 33.3. The average molecular weight is 901 g/mol. The molecule has 1 aromatic heterocycles. The molecule has 0 amide bonds. The van der Waals surface area contributed by atoms with Crippen LogP contribution in [0.5, 0.6) is 0 Å². The Bertz CT molecular complexity index is 2730. The SMILES string of the molecule is C/C=C/C=C\C=C/N.C=C/C=C(\C=C/C)Nc1ccccc1/C(C)=C/C(=C\C=C)c1ccc2c(c1)c1ccccc1n2-c1ccc(C/C=C(\N)c2ccc(CCCCCC)cc2)cc1.CCCC. The van der Waals surface area contributed by atoms with Crippen LogP contribution < -0.4 is 16.8 Å². The Morgan fingerprint density at radius 2 is 1.31 bits per heavy atom. The Labute approximate surface area is 409 Å². The van der Waals surface area contributed by atoms with Crippen LogP contribution in [0, 0.1) is 0 Å². The third-order valence-electron chi connectivity index (χ3n) is 11.4. The van der Waals surface area contributed by atoms with Gasteiger partial charge in [-0.1, -0.05) is 206 Å². The molecule has 0 aliphatic heterocycles. The summed E-state index contributed by atoms with van der Waals surface area (Å²) < 4.78 is 2.37. The molecule has 0 unspecified atom stereocenters. The molecule has 0 saturated carbocycles. The third kappa shape index (κ3) is 16.2. The molecule has 5 N–H and O–H groups in total. The van der Waals surface area contributed by atoms with Gasteiger partial charge in [-0.3, -0.25) is 0 Å². The number of benzene rings is 5. The normalized spacial score (nSPS) is 12.5. The van der Waals surface area contributed by atoms with Crippen LogP contribution in [0.1, 0.15) is 108 Å². The van der Waals surface area contributed by atoms with Crippen molar-refractivity contribution in [3.05, 3.63) is 247 Å². The zero-order chi connectivity index (χ0) is 48.9. The van der Waals surface area contributed by atoms with E-state index in [2.05, 4.69) is 184 Å². The van der Waals surface area contributed by atoms with E-state index in [1.807, 2.05) is 62.5 Å². The lowest BCUT2D eigenvalue weighted by molar-refractivity contribution is 0.667. The van der Waals surface area contributed by atoms with Gasteiger partial charge in [-0.05, 0) is 134 Å². The Hall–Kier alpha value is -7.30. The van der Waals surface area contributed by atoms with Gasteiger partial charge in [0.25, 0.3) is 0 Å². The van der Waals surface area contributed by atoms with E-state index in [9.17, 15) is 0 Å². The van der Waals surface area contributed by atoms with E-state index in [-0.39, 0.29) is 0 Å². The summed E-state index contributed by atoms with van der Waals surface area (Å²) in [6, 6.07) is 41.5. The van der Waals surface area contributed by atoms with Gasteiger partial charge in [0.1, 0.15) is 0 Å². The Balaban J connectivity index is 0.000000745. The second-order valence-corrected chi connectivity index (χ2v) is 16.6. The predicted octanol–water partition coefficient (Wildman–Crippen LogP) is 17.6. The van der Waals surface area contributed by atoms with E-state index >= 15 is 0 Å². The minimum Gasteiger partial charge on any atom is -0.405 e. The lowest BCUT2D eigenvalue weighted by atomic mass is 9.97. The maximum absolute atomic E-state index is 6.55. The molecule has 1 heterocycles. The summed E-state index contributed by atoms with van der Waals surface area (Å²) in [5.74, 6) is 0. The number of hydrogen-bond donors (Lipinski definition) is 3. The summed E-state index contributed by atoms with van der Waals surface area (Å²) in [6.45, 7) is 20.7. The first kappa shape index (κ1) is 53.3. The number of rotatable bonds is 20. The first-order valence-electron chi connectivity index (χ1n) is 24.4. The number of para-hydroxylation sites is 2. The zero-order valence-electron chi connectivity index (χ0n) is 41.7. The summed E-state index contributed by atoms with van der Waals surface area (Å²) >= 11 is 0. The monoisotopic (exact) mass is 901 g/mol. The van der Waals surface area contributed by atoms with E-state index in [1.54, 1.807) is 12.2 Å². The molecule has 0 atom stereocenters. The summed E-state index contributed by atoms with van der Waals surface area (Å²) in [5, 5.41) is 6.01. The van der Waals surface area contributed by atoms with Crippen molar-refractivity contribution < 1.29 is 0 Å². The van der Waals surface area contributed by atoms with Crippen molar-refractivity contribution in [2.24, 2.45) is 11.5 Å². The molecule has 68 heavy (non-hydrogen) atoms. The van der Waals surface area contributed by atoms with Crippen LogP contribution in [0.2, 0.25) is 0 Å². The Morgan fingerprint density at radius 1 is 0.647 bits per heavy atom. The quantitative estimate of drug-likeness (QED) is 0.0528. The van der Waals surface area contributed by atoms with Crippen molar-refractivity contribution in [2.75, 3.05) is 5.32 Å². The van der Waals surface area contributed by atoms with Gasteiger partial charge in [0.15, 0.2) is 0 Å². The van der Waals surface area contributed by atoms with Crippen LogP contribution in [0.15, 0.2) is 219 Å². The molecule has 0 aliphatic rings. The third-order valence-corrected chi connectivity index (χ3v) is 11.4. The zero-order valence-corrected chi connectivity index (χ0v) is 41.7. The number of nitrogens with zero attached hydrogens (tertiary/aromatic N) is 1.